The number of carbonyl (C=O) groups is 1. The topological polar surface area (TPSA) is 51.2 Å². The minimum atomic E-state index is -0.100. The van der Waals surface area contributed by atoms with Crippen molar-refractivity contribution in [2.24, 2.45) is 5.92 Å². The molecular weight excluding hydrogens is 296 g/mol. The Morgan fingerprint density at radius 1 is 1.56 bits per heavy atom. The fraction of sp³-hybridized carbons (Fsp3) is 0.538. The Balaban J connectivity index is 1.64. The van der Waals surface area contributed by atoms with Gasteiger partial charge in [0.1, 0.15) is 5.69 Å². The van der Waals surface area contributed by atoms with E-state index in [2.05, 4.69) is 26.2 Å². The minimum Gasteiger partial charge on any atom is -0.378 e. The molecule has 1 N–H and O–H groups in total. The standard InChI is InChI=1S/C13H15BrN2O2/c14-9-4-1-5-15-12(9)13(17)16-10-7-11-8(10)3-2-6-18-11/h1,4-5,8,10-11H,2-3,6-7H2,(H,16,17)/t8-,10+,11-/m0/s1. The van der Waals surface area contributed by atoms with Crippen molar-refractivity contribution in [1.82, 2.24) is 10.3 Å². The summed E-state index contributed by atoms with van der Waals surface area (Å²) in [6.07, 6.45) is 5.17. The van der Waals surface area contributed by atoms with E-state index in [1.807, 2.05) is 6.07 Å². The molecular formula is C13H15BrN2O2. The molecule has 1 amide bonds. The largest absolute Gasteiger partial charge is 0.378 e. The van der Waals surface area contributed by atoms with Gasteiger partial charge in [0.05, 0.1) is 6.10 Å². The number of halogens is 1. The summed E-state index contributed by atoms with van der Waals surface area (Å²) >= 11 is 3.35. The molecule has 0 aromatic carbocycles. The molecule has 0 spiro atoms. The van der Waals surface area contributed by atoms with Gasteiger partial charge in [-0.3, -0.25) is 4.79 Å². The molecule has 1 aromatic rings. The first-order valence-corrected chi connectivity index (χ1v) is 7.08. The highest BCUT2D eigenvalue weighted by atomic mass is 79.9. The van der Waals surface area contributed by atoms with Crippen molar-refractivity contribution in [3.8, 4) is 0 Å². The van der Waals surface area contributed by atoms with E-state index in [1.165, 1.54) is 0 Å². The number of amides is 1. The van der Waals surface area contributed by atoms with Crippen LogP contribution in [0.3, 0.4) is 0 Å². The van der Waals surface area contributed by atoms with Gasteiger partial charge in [0.25, 0.3) is 5.91 Å². The number of pyridine rings is 1. The van der Waals surface area contributed by atoms with E-state index in [0.717, 1.165) is 30.3 Å². The fourth-order valence-corrected chi connectivity index (χ4v) is 3.19. The van der Waals surface area contributed by atoms with E-state index in [9.17, 15) is 4.79 Å². The number of aromatic nitrogens is 1. The minimum absolute atomic E-state index is 0.100. The summed E-state index contributed by atoms with van der Waals surface area (Å²) in [6.45, 7) is 0.869. The van der Waals surface area contributed by atoms with Gasteiger partial charge in [0.15, 0.2) is 0 Å². The maximum atomic E-state index is 12.1. The Morgan fingerprint density at radius 2 is 2.44 bits per heavy atom. The summed E-state index contributed by atoms with van der Waals surface area (Å²) in [5.41, 5.74) is 0.456. The molecule has 96 valence electrons. The molecule has 2 fully saturated rings. The lowest BCUT2D eigenvalue weighted by Crippen LogP contribution is -2.57. The van der Waals surface area contributed by atoms with Crippen molar-refractivity contribution in [1.29, 1.82) is 0 Å². The number of rotatable bonds is 2. The molecule has 3 atom stereocenters. The van der Waals surface area contributed by atoms with Gasteiger partial charge in [0, 0.05) is 29.2 Å². The molecule has 0 unspecified atom stereocenters. The monoisotopic (exact) mass is 310 g/mol. The van der Waals surface area contributed by atoms with Crippen LogP contribution in [-0.2, 0) is 4.74 Å². The number of hydrogen-bond donors (Lipinski definition) is 1. The molecule has 1 aliphatic heterocycles. The zero-order chi connectivity index (χ0) is 12.5. The second-order valence-electron chi connectivity index (χ2n) is 4.86. The summed E-state index contributed by atoms with van der Waals surface area (Å²) in [5, 5.41) is 3.06. The Hall–Kier alpha value is -0.940. The van der Waals surface area contributed by atoms with Crippen LogP contribution in [0, 0.1) is 5.92 Å². The molecule has 1 aliphatic carbocycles. The van der Waals surface area contributed by atoms with E-state index in [1.54, 1.807) is 12.3 Å². The molecule has 2 aliphatic rings. The Morgan fingerprint density at radius 3 is 3.22 bits per heavy atom. The predicted molar refractivity (Wildman–Crippen MR) is 70.3 cm³/mol. The second kappa shape index (κ2) is 4.97. The lowest BCUT2D eigenvalue weighted by Gasteiger charge is -2.47. The summed E-state index contributed by atoms with van der Waals surface area (Å²) in [5.74, 6) is 0.390. The fourth-order valence-electron chi connectivity index (χ4n) is 2.75. The van der Waals surface area contributed by atoms with Crippen LogP contribution in [0.5, 0.6) is 0 Å². The zero-order valence-electron chi connectivity index (χ0n) is 9.93. The number of nitrogens with one attached hydrogen (secondary N) is 1. The zero-order valence-corrected chi connectivity index (χ0v) is 11.5. The van der Waals surface area contributed by atoms with Gasteiger partial charge in [-0.15, -0.1) is 0 Å². The summed E-state index contributed by atoms with van der Waals surface area (Å²) in [4.78, 5) is 16.2. The number of ether oxygens (including phenoxy) is 1. The molecule has 3 rings (SSSR count). The van der Waals surface area contributed by atoms with Crippen LogP contribution in [0.1, 0.15) is 29.8 Å². The third-order valence-electron chi connectivity index (χ3n) is 3.78. The third kappa shape index (κ3) is 2.17. The maximum absolute atomic E-state index is 12.1. The van der Waals surface area contributed by atoms with Crippen LogP contribution in [0.2, 0.25) is 0 Å². The summed E-state index contributed by atoms with van der Waals surface area (Å²) in [7, 11) is 0. The Bertz CT molecular complexity index is 466. The SMILES string of the molecule is O=C(N[C@@H]1C[C@@H]2OCCC[C@H]21)c1ncccc1Br. The number of nitrogens with zero attached hydrogens (tertiary/aromatic N) is 1. The van der Waals surface area contributed by atoms with Crippen LogP contribution >= 0.6 is 15.9 Å². The Kier molecular flexibility index (Phi) is 3.35. The second-order valence-corrected chi connectivity index (χ2v) is 5.72. The third-order valence-corrected chi connectivity index (χ3v) is 4.42. The molecule has 1 aromatic heterocycles. The molecule has 2 heterocycles. The summed E-state index contributed by atoms with van der Waals surface area (Å²) in [6, 6.07) is 3.88. The van der Waals surface area contributed by atoms with Crippen LogP contribution in [0.25, 0.3) is 0 Å². The highest BCUT2D eigenvalue weighted by molar-refractivity contribution is 9.10. The van der Waals surface area contributed by atoms with E-state index in [4.69, 9.17) is 4.74 Å². The van der Waals surface area contributed by atoms with Crippen molar-refractivity contribution >= 4 is 21.8 Å². The van der Waals surface area contributed by atoms with Crippen molar-refractivity contribution in [3.63, 3.8) is 0 Å². The van der Waals surface area contributed by atoms with Gasteiger partial charge in [0.2, 0.25) is 0 Å². The average molecular weight is 311 g/mol. The molecule has 0 radical (unpaired) electrons. The van der Waals surface area contributed by atoms with Gasteiger partial charge in [-0.1, -0.05) is 0 Å². The first-order chi connectivity index (χ1) is 8.75. The maximum Gasteiger partial charge on any atom is 0.271 e. The Labute approximate surface area is 114 Å². The van der Waals surface area contributed by atoms with E-state index >= 15 is 0 Å². The molecule has 5 heteroatoms. The van der Waals surface area contributed by atoms with Crippen molar-refractivity contribution in [2.45, 2.75) is 31.4 Å². The lowest BCUT2D eigenvalue weighted by molar-refractivity contribution is -0.100. The molecule has 1 saturated heterocycles. The smallest absolute Gasteiger partial charge is 0.271 e. The van der Waals surface area contributed by atoms with Crippen LogP contribution < -0.4 is 5.32 Å². The van der Waals surface area contributed by atoms with E-state index in [0.29, 0.717) is 17.7 Å². The number of carbonyl (C=O) groups excluding carboxylic acids is 1. The highest BCUT2D eigenvalue weighted by Crippen LogP contribution is 2.37. The highest BCUT2D eigenvalue weighted by Gasteiger charge is 2.44. The number of fused-ring (bicyclic) bond motifs is 1. The van der Waals surface area contributed by atoms with Crippen molar-refractivity contribution in [3.05, 3.63) is 28.5 Å². The molecule has 0 bridgehead atoms. The van der Waals surface area contributed by atoms with Crippen LogP contribution in [0.15, 0.2) is 22.8 Å². The summed E-state index contributed by atoms with van der Waals surface area (Å²) < 4.78 is 6.38. The molecule has 18 heavy (non-hydrogen) atoms. The normalized spacial score (nSPS) is 30.2. The number of hydrogen-bond acceptors (Lipinski definition) is 3. The predicted octanol–water partition coefficient (Wildman–Crippen LogP) is 2.14. The first-order valence-electron chi connectivity index (χ1n) is 6.28. The lowest BCUT2D eigenvalue weighted by atomic mass is 9.72. The molecule has 1 saturated carbocycles. The molecule has 4 nitrogen and oxygen atoms in total. The van der Waals surface area contributed by atoms with Gasteiger partial charge in [-0.2, -0.15) is 0 Å². The van der Waals surface area contributed by atoms with Gasteiger partial charge >= 0.3 is 0 Å². The van der Waals surface area contributed by atoms with Crippen LogP contribution in [0.4, 0.5) is 0 Å². The van der Waals surface area contributed by atoms with E-state index in [-0.39, 0.29) is 11.9 Å². The van der Waals surface area contributed by atoms with Gasteiger partial charge in [-0.25, -0.2) is 4.98 Å². The van der Waals surface area contributed by atoms with Gasteiger partial charge < -0.3 is 10.1 Å². The van der Waals surface area contributed by atoms with E-state index < -0.39 is 0 Å². The van der Waals surface area contributed by atoms with Crippen LogP contribution in [-0.4, -0.2) is 29.6 Å². The van der Waals surface area contributed by atoms with Crippen molar-refractivity contribution < 1.29 is 9.53 Å². The quantitative estimate of drug-likeness (QED) is 0.910. The first kappa shape index (κ1) is 12.1. The van der Waals surface area contributed by atoms with Crippen molar-refractivity contribution in [2.75, 3.05) is 6.61 Å². The average Bonchev–Trinajstić information content (AvgIpc) is 2.36. The van der Waals surface area contributed by atoms with Gasteiger partial charge in [-0.05, 0) is 47.3 Å².